The second kappa shape index (κ2) is 14.4. The molecule has 2 aromatic rings. The summed E-state index contributed by atoms with van der Waals surface area (Å²) in [7, 11) is 0. The molecule has 2 rings (SSSR count). The summed E-state index contributed by atoms with van der Waals surface area (Å²) in [5, 5.41) is 0. The Bertz CT molecular complexity index is 1430. The summed E-state index contributed by atoms with van der Waals surface area (Å²) in [6.07, 6.45) is -21.9. The molecule has 0 fully saturated rings. The van der Waals surface area contributed by atoms with Crippen LogP contribution in [-0.4, -0.2) is 76.1 Å². The van der Waals surface area contributed by atoms with Crippen LogP contribution in [0.1, 0.15) is 38.5 Å². The fourth-order valence-corrected chi connectivity index (χ4v) is 3.81. The monoisotopic (exact) mass is 767 g/mol. The normalized spacial score (nSPS) is 14.2. The predicted molar refractivity (Wildman–Crippen MR) is 135 cm³/mol. The van der Waals surface area contributed by atoms with Crippen LogP contribution in [0.15, 0.2) is 18.2 Å². The Hall–Kier alpha value is -3.83. The average Bonchev–Trinajstić information content (AvgIpc) is 2.95. The number of nitrogens with zero attached hydrogens (tertiary/aromatic N) is 3. The molecule has 0 saturated heterocycles. The van der Waals surface area contributed by atoms with Crippen LogP contribution in [0.5, 0.6) is 11.5 Å². The zero-order chi connectivity index (χ0) is 38.8. The zero-order valence-corrected chi connectivity index (χ0v) is 24.5. The second-order valence-electron chi connectivity index (χ2n) is 10.4. The highest BCUT2D eigenvalue weighted by molar-refractivity contribution is 5.62. The summed E-state index contributed by atoms with van der Waals surface area (Å²) >= 11 is 0. The predicted octanol–water partition coefficient (Wildman–Crippen LogP) is 8.74. The van der Waals surface area contributed by atoms with E-state index in [-0.39, 0.29) is 29.0 Å². The third-order valence-corrected chi connectivity index (χ3v) is 6.58. The topological polar surface area (TPSA) is 109 Å². The van der Waals surface area contributed by atoms with E-state index in [4.69, 9.17) is 20.9 Å². The van der Waals surface area contributed by atoms with Gasteiger partial charge in [0.1, 0.15) is 0 Å². The first kappa shape index (κ1) is 42.3. The first-order valence-electron chi connectivity index (χ1n) is 13.5. The van der Waals surface area contributed by atoms with Gasteiger partial charge in [0, 0.05) is 18.4 Å². The van der Waals surface area contributed by atoms with E-state index in [2.05, 4.69) is 15.0 Å². The van der Waals surface area contributed by atoms with Crippen molar-refractivity contribution in [3.8, 4) is 22.9 Å². The smallest absolute Gasteiger partial charge is 0.460 e. The fourth-order valence-electron chi connectivity index (χ4n) is 3.81. The van der Waals surface area contributed by atoms with Crippen molar-refractivity contribution in [3.63, 3.8) is 0 Å². The number of ether oxygens (including phenoxy) is 2. The van der Waals surface area contributed by atoms with Gasteiger partial charge >= 0.3 is 47.9 Å². The van der Waals surface area contributed by atoms with Crippen LogP contribution in [0.4, 0.5) is 90.9 Å². The van der Waals surface area contributed by atoms with Gasteiger partial charge in [0.05, 0.1) is 13.2 Å². The summed E-state index contributed by atoms with van der Waals surface area (Å²) in [6.45, 7) is -1.46. The Morgan fingerprint density at radius 1 is 0.480 bits per heavy atom. The minimum absolute atomic E-state index is 0.00109. The molecule has 1 heterocycles. The Kier molecular flexibility index (Phi) is 12.2. The number of anilines is 2. The van der Waals surface area contributed by atoms with Gasteiger partial charge in [0.2, 0.25) is 11.9 Å². The number of nitrogens with two attached hydrogens (primary N) is 2. The van der Waals surface area contributed by atoms with E-state index in [9.17, 15) is 79.0 Å². The Morgan fingerprint density at radius 3 is 1.24 bits per heavy atom. The molecule has 4 N–H and O–H groups in total. The Labute approximate surface area is 268 Å². The van der Waals surface area contributed by atoms with Gasteiger partial charge in [-0.05, 0) is 43.9 Å². The number of unbranched alkanes of at least 4 members (excludes halogenated alkanes) is 2. The van der Waals surface area contributed by atoms with Gasteiger partial charge in [-0.25, -0.2) is 0 Å². The Balaban J connectivity index is 2.15. The summed E-state index contributed by atoms with van der Waals surface area (Å²) in [4.78, 5) is 11.0. The Morgan fingerprint density at radius 2 is 0.860 bits per heavy atom. The van der Waals surface area contributed by atoms with Crippen molar-refractivity contribution in [1.82, 2.24) is 15.0 Å². The molecule has 0 saturated carbocycles. The van der Waals surface area contributed by atoms with Crippen molar-refractivity contribution in [3.05, 3.63) is 18.2 Å². The number of rotatable bonds is 17. The maximum absolute atomic E-state index is 13.8. The highest BCUT2D eigenvalue weighted by Gasteiger charge is 2.82. The molecule has 0 spiro atoms. The van der Waals surface area contributed by atoms with Crippen molar-refractivity contribution in [2.45, 2.75) is 86.4 Å². The van der Waals surface area contributed by atoms with Gasteiger partial charge in [0.25, 0.3) is 0 Å². The molecular formula is C25H23F18N5O2. The van der Waals surface area contributed by atoms with Crippen LogP contribution in [0, 0.1) is 0 Å². The molecule has 0 radical (unpaired) electrons. The van der Waals surface area contributed by atoms with Crippen molar-refractivity contribution < 1.29 is 88.5 Å². The van der Waals surface area contributed by atoms with E-state index < -0.39 is 105 Å². The van der Waals surface area contributed by atoms with Crippen molar-refractivity contribution in [2.75, 3.05) is 24.7 Å². The SMILES string of the molecule is Nc1nc(N)nc(-c2ccc(OCCCCC(F)(F)C(F)(F)C(F)(F)C(F)(F)F)c(OCCCCC(F)(F)C(F)(F)C(F)(F)C(F)(F)F)c2)n1. The summed E-state index contributed by atoms with van der Waals surface area (Å²) in [5.74, 6) is -41.3. The van der Waals surface area contributed by atoms with E-state index in [0.29, 0.717) is 0 Å². The standard InChI is InChI=1S/C25H23F18N5O2/c26-18(27,20(30,31)22(34,35)24(38,39)40)7-1-3-9-49-13-6-5-12(15-46-16(44)48-17(45)47-15)11-14(13)50-10-4-2-8-19(28,29)21(32,33)23(36,37)25(41,42)43/h5-6,11H,1-4,7-10H2,(H4,44,45,46,47,48). The zero-order valence-electron chi connectivity index (χ0n) is 24.5. The van der Waals surface area contributed by atoms with E-state index >= 15 is 0 Å². The lowest BCUT2D eigenvalue weighted by Crippen LogP contribution is -2.60. The molecule has 7 nitrogen and oxygen atoms in total. The molecule has 50 heavy (non-hydrogen) atoms. The highest BCUT2D eigenvalue weighted by atomic mass is 19.4. The van der Waals surface area contributed by atoms with Crippen LogP contribution >= 0.6 is 0 Å². The van der Waals surface area contributed by atoms with Gasteiger partial charge in [-0.2, -0.15) is 94.0 Å². The van der Waals surface area contributed by atoms with E-state index in [1.54, 1.807) is 0 Å². The summed E-state index contributed by atoms with van der Waals surface area (Å²) in [6, 6.07) is 3.25. The quantitative estimate of drug-likeness (QED) is 0.122. The highest BCUT2D eigenvalue weighted by Crippen LogP contribution is 2.55. The minimum Gasteiger partial charge on any atom is -0.490 e. The first-order valence-corrected chi connectivity index (χ1v) is 13.5. The van der Waals surface area contributed by atoms with Crippen LogP contribution in [0.2, 0.25) is 0 Å². The lowest BCUT2D eigenvalue weighted by molar-refractivity contribution is -0.396. The minimum atomic E-state index is -7.08. The fraction of sp³-hybridized carbons (Fsp3) is 0.640. The van der Waals surface area contributed by atoms with Crippen molar-refractivity contribution in [1.29, 1.82) is 0 Å². The number of halogens is 18. The summed E-state index contributed by atoms with van der Waals surface area (Å²) in [5.41, 5.74) is 10.9. The second-order valence-corrected chi connectivity index (χ2v) is 10.4. The van der Waals surface area contributed by atoms with Gasteiger partial charge in [-0.1, -0.05) is 0 Å². The maximum Gasteiger partial charge on any atom is 0.460 e. The maximum atomic E-state index is 13.8. The molecule has 1 aromatic heterocycles. The van der Waals surface area contributed by atoms with Gasteiger partial charge in [0.15, 0.2) is 17.3 Å². The molecule has 0 atom stereocenters. The molecule has 0 aliphatic carbocycles. The van der Waals surface area contributed by atoms with Crippen molar-refractivity contribution in [2.24, 2.45) is 0 Å². The van der Waals surface area contributed by atoms with Crippen LogP contribution in [0.25, 0.3) is 11.4 Å². The third-order valence-electron chi connectivity index (χ3n) is 6.58. The number of hydrogen-bond donors (Lipinski definition) is 2. The molecule has 25 heteroatoms. The molecule has 0 aliphatic rings. The lowest BCUT2D eigenvalue weighted by Gasteiger charge is -2.33. The number of hydrogen-bond acceptors (Lipinski definition) is 7. The number of benzene rings is 1. The molecule has 0 aliphatic heterocycles. The first-order chi connectivity index (χ1) is 22.4. The molecule has 286 valence electrons. The van der Waals surface area contributed by atoms with Gasteiger partial charge < -0.3 is 20.9 Å². The lowest BCUT2D eigenvalue weighted by atomic mass is 9.99. The molecule has 0 amide bonds. The molecule has 1 aromatic carbocycles. The summed E-state index contributed by atoms with van der Waals surface area (Å²) < 4.78 is 245. The van der Waals surface area contributed by atoms with Crippen LogP contribution < -0.4 is 20.9 Å². The molecule has 0 bridgehead atoms. The molecular weight excluding hydrogens is 744 g/mol. The van der Waals surface area contributed by atoms with E-state index in [0.717, 1.165) is 12.1 Å². The van der Waals surface area contributed by atoms with Gasteiger partial charge in [-0.3, -0.25) is 0 Å². The van der Waals surface area contributed by atoms with Gasteiger partial charge in [-0.15, -0.1) is 0 Å². The third kappa shape index (κ3) is 8.72. The number of nitrogen functional groups attached to an aromatic ring is 2. The number of alkyl halides is 18. The largest absolute Gasteiger partial charge is 0.490 e. The van der Waals surface area contributed by atoms with Crippen LogP contribution in [-0.2, 0) is 0 Å². The van der Waals surface area contributed by atoms with E-state index in [1.165, 1.54) is 6.07 Å². The average molecular weight is 767 g/mol. The number of aromatic nitrogens is 3. The van der Waals surface area contributed by atoms with Crippen molar-refractivity contribution >= 4 is 11.9 Å². The molecule has 0 unspecified atom stereocenters. The van der Waals surface area contributed by atoms with Crippen LogP contribution in [0.3, 0.4) is 0 Å². The van der Waals surface area contributed by atoms with E-state index in [1.807, 2.05) is 0 Å².